The molecule has 2 N–H and O–H groups in total. The molecule has 4 aromatic rings. The third-order valence-corrected chi connectivity index (χ3v) is 3.95. The third-order valence-electron chi connectivity index (χ3n) is 3.95. The molecule has 0 saturated heterocycles. The predicted molar refractivity (Wildman–Crippen MR) is 84.6 cm³/mol. The fourth-order valence-corrected chi connectivity index (χ4v) is 3.02. The molecule has 4 aromatic carbocycles. The molecular formula is C18H13N. The van der Waals surface area contributed by atoms with E-state index in [0.717, 1.165) is 11.1 Å². The zero-order chi connectivity index (χ0) is 13.0. The molecule has 90 valence electrons. The first-order valence-electron chi connectivity index (χ1n) is 6.38. The lowest BCUT2D eigenvalue weighted by molar-refractivity contribution is 1.74. The zero-order valence-corrected chi connectivity index (χ0v) is 10.5. The van der Waals surface area contributed by atoms with Gasteiger partial charge in [0.05, 0.1) is 0 Å². The van der Waals surface area contributed by atoms with E-state index in [9.17, 15) is 0 Å². The predicted octanol–water partition coefficient (Wildman–Crippen LogP) is 4.81. The van der Waals surface area contributed by atoms with Crippen LogP contribution in [0.3, 0.4) is 0 Å². The van der Waals surface area contributed by atoms with Crippen LogP contribution in [0.5, 0.6) is 0 Å². The summed E-state index contributed by atoms with van der Waals surface area (Å²) in [5, 5.41) is 7.43. The van der Waals surface area contributed by atoms with Gasteiger partial charge in [-0.25, -0.2) is 0 Å². The normalized spacial score (nSPS) is 11.6. The molecule has 0 heterocycles. The second kappa shape index (κ2) is 3.48. The number of hydrogen-bond acceptors (Lipinski definition) is 1. The van der Waals surface area contributed by atoms with Gasteiger partial charge in [-0.05, 0) is 38.6 Å². The van der Waals surface area contributed by atoms with Crippen molar-refractivity contribution >= 4 is 44.1 Å². The molecule has 19 heavy (non-hydrogen) atoms. The van der Waals surface area contributed by atoms with E-state index in [1.54, 1.807) is 0 Å². The van der Waals surface area contributed by atoms with Crippen molar-refractivity contribution in [2.75, 3.05) is 5.73 Å². The summed E-state index contributed by atoms with van der Waals surface area (Å²) in [6.07, 6.45) is 1.91. The fourth-order valence-electron chi connectivity index (χ4n) is 3.02. The van der Waals surface area contributed by atoms with Crippen molar-refractivity contribution in [1.82, 2.24) is 0 Å². The number of nitrogens with two attached hydrogens (primary N) is 1. The Labute approximate surface area is 111 Å². The van der Waals surface area contributed by atoms with E-state index in [1.165, 1.54) is 32.5 Å². The minimum absolute atomic E-state index is 0.839. The van der Waals surface area contributed by atoms with Crippen LogP contribution in [-0.2, 0) is 0 Å². The first-order chi connectivity index (χ1) is 9.29. The van der Waals surface area contributed by atoms with E-state index in [2.05, 4.69) is 49.0 Å². The van der Waals surface area contributed by atoms with Gasteiger partial charge in [0.15, 0.2) is 0 Å². The highest BCUT2D eigenvalue weighted by atomic mass is 14.5. The second-order valence-corrected chi connectivity index (χ2v) is 4.94. The third kappa shape index (κ3) is 1.24. The summed E-state index contributed by atoms with van der Waals surface area (Å²) < 4.78 is 0. The number of rotatable bonds is 1. The van der Waals surface area contributed by atoms with Crippen LogP contribution in [-0.4, -0.2) is 0 Å². The van der Waals surface area contributed by atoms with Crippen LogP contribution in [0.2, 0.25) is 0 Å². The molecule has 0 bridgehead atoms. The summed E-state index contributed by atoms with van der Waals surface area (Å²) in [7, 11) is 0. The van der Waals surface area contributed by atoms with Crippen LogP contribution in [0.4, 0.5) is 5.69 Å². The molecular weight excluding hydrogens is 230 g/mol. The molecule has 0 amide bonds. The average molecular weight is 243 g/mol. The molecule has 1 heteroatoms. The molecule has 0 aliphatic rings. The van der Waals surface area contributed by atoms with E-state index in [-0.39, 0.29) is 0 Å². The zero-order valence-electron chi connectivity index (χ0n) is 10.5. The standard InChI is InChI=1S/C18H13N/c1-2-11-3-4-12-6-9-15-16(19)10-7-13-5-8-14(11)17(12)18(13)15/h2-10H,1,19H2. The number of hydrogen-bond donors (Lipinski definition) is 1. The summed E-state index contributed by atoms with van der Waals surface area (Å²) in [5.74, 6) is 0. The van der Waals surface area contributed by atoms with Gasteiger partial charge in [0.1, 0.15) is 0 Å². The van der Waals surface area contributed by atoms with Crippen molar-refractivity contribution in [3.8, 4) is 0 Å². The Kier molecular flexibility index (Phi) is 1.91. The van der Waals surface area contributed by atoms with Crippen LogP contribution in [0.25, 0.3) is 38.4 Å². The fraction of sp³-hybridized carbons (Fsp3) is 0. The molecule has 0 aromatic heterocycles. The highest BCUT2D eigenvalue weighted by molar-refractivity contribution is 6.26. The Morgan fingerprint density at radius 2 is 1.32 bits per heavy atom. The molecule has 1 nitrogen and oxygen atoms in total. The van der Waals surface area contributed by atoms with E-state index >= 15 is 0 Å². The summed E-state index contributed by atoms with van der Waals surface area (Å²) >= 11 is 0. The van der Waals surface area contributed by atoms with Gasteiger partial charge in [-0.3, -0.25) is 0 Å². The Morgan fingerprint density at radius 1 is 0.737 bits per heavy atom. The molecule has 0 aliphatic carbocycles. The number of nitrogen functional groups attached to an aromatic ring is 1. The van der Waals surface area contributed by atoms with Crippen molar-refractivity contribution < 1.29 is 0 Å². The average Bonchev–Trinajstić information content (AvgIpc) is 2.46. The van der Waals surface area contributed by atoms with E-state index in [4.69, 9.17) is 5.73 Å². The molecule has 4 rings (SSSR count). The molecule has 0 atom stereocenters. The van der Waals surface area contributed by atoms with E-state index < -0.39 is 0 Å². The van der Waals surface area contributed by atoms with Crippen LogP contribution in [0.1, 0.15) is 5.56 Å². The van der Waals surface area contributed by atoms with Gasteiger partial charge in [-0.2, -0.15) is 0 Å². The lowest BCUT2D eigenvalue weighted by atomic mass is 9.91. The van der Waals surface area contributed by atoms with Crippen LogP contribution < -0.4 is 5.73 Å². The van der Waals surface area contributed by atoms with Crippen molar-refractivity contribution in [3.63, 3.8) is 0 Å². The summed E-state index contributed by atoms with van der Waals surface area (Å²) in [6.45, 7) is 3.91. The van der Waals surface area contributed by atoms with E-state index in [1.807, 2.05) is 12.1 Å². The SMILES string of the molecule is C=Cc1ccc2ccc3c(N)ccc4ccc1c2c43. The monoisotopic (exact) mass is 243 g/mol. The lowest BCUT2D eigenvalue weighted by Gasteiger charge is -2.13. The summed E-state index contributed by atoms with van der Waals surface area (Å²) in [6, 6.07) is 17.0. The van der Waals surface area contributed by atoms with Crippen LogP contribution in [0, 0.1) is 0 Å². The van der Waals surface area contributed by atoms with Gasteiger partial charge in [-0.15, -0.1) is 0 Å². The van der Waals surface area contributed by atoms with Crippen molar-refractivity contribution in [2.24, 2.45) is 0 Å². The summed E-state index contributed by atoms with van der Waals surface area (Å²) in [5.41, 5.74) is 8.13. The Balaban J connectivity index is 2.43. The maximum absolute atomic E-state index is 6.12. The molecule has 0 spiro atoms. The van der Waals surface area contributed by atoms with Gasteiger partial charge in [0.2, 0.25) is 0 Å². The quantitative estimate of drug-likeness (QED) is 0.377. The van der Waals surface area contributed by atoms with Crippen molar-refractivity contribution in [1.29, 1.82) is 0 Å². The van der Waals surface area contributed by atoms with Gasteiger partial charge in [0.25, 0.3) is 0 Å². The second-order valence-electron chi connectivity index (χ2n) is 4.94. The molecule has 0 saturated carbocycles. The Bertz CT molecular complexity index is 934. The highest BCUT2D eigenvalue weighted by Gasteiger charge is 2.10. The first kappa shape index (κ1) is 10.4. The molecule has 0 radical (unpaired) electrons. The molecule has 0 unspecified atom stereocenters. The van der Waals surface area contributed by atoms with Gasteiger partial charge < -0.3 is 5.73 Å². The van der Waals surface area contributed by atoms with Gasteiger partial charge >= 0.3 is 0 Å². The number of benzene rings is 4. The van der Waals surface area contributed by atoms with Gasteiger partial charge in [0, 0.05) is 11.1 Å². The molecule has 0 fully saturated rings. The van der Waals surface area contributed by atoms with Crippen LogP contribution in [0.15, 0.2) is 55.1 Å². The smallest absolute Gasteiger partial charge is 0.0394 e. The topological polar surface area (TPSA) is 26.0 Å². The first-order valence-corrected chi connectivity index (χ1v) is 6.38. The summed E-state index contributed by atoms with van der Waals surface area (Å²) in [4.78, 5) is 0. The Morgan fingerprint density at radius 3 is 2.05 bits per heavy atom. The minimum Gasteiger partial charge on any atom is -0.398 e. The van der Waals surface area contributed by atoms with E-state index in [0.29, 0.717) is 0 Å². The van der Waals surface area contributed by atoms with Crippen molar-refractivity contribution in [3.05, 3.63) is 60.7 Å². The van der Waals surface area contributed by atoms with Gasteiger partial charge in [-0.1, -0.05) is 55.1 Å². The minimum atomic E-state index is 0.839. The maximum atomic E-state index is 6.12. The van der Waals surface area contributed by atoms with Crippen molar-refractivity contribution in [2.45, 2.75) is 0 Å². The lowest BCUT2D eigenvalue weighted by Crippen LogP contribution is -1.90. The maximum Gasteiger partial charge on any atom is 0.0394 e. The Hall–Kier alpha value is -2.54. The highest BCUT2D eigenvalue weighted by Crippen LogP contribution is 2.38. The molecule has 0 aliphatic heterocycles. The van der Waals surface area contributed by atoms with Crippen LogP contribution >= 0.6 is 0 Å². The number of anilines is 1. The largest absolute Gasteiger partial charge is 0.398 e.